The van der Waals surface area contributed by atoms with Gasteiger partial charge in [-0.15, -0.1) is 0 Å². The smallest absolute Gasteiger partial charge is 0.356 e. The predicted molar refractivity (Wildman–Crippen MR) is 64.6 cm³/mol. The Balaban J connectivity index is 2.12. The van der Waals surface area contributed by atoms with E-state index >= 15 is 0 Å². The molecule has 1 aromatic heterocycles. The van der Waals surface area contributed by atoms with Crippen LogP contribution < -0.4 is 5.32 Å². The molecule has 0 aromatic carbocycles. The lowest BCUT2D eigenvalue weighted by atomic mass is 10.2. The van der Waals surface area contributed by atoms with Gasteiger partial charge in [0.1, 0.15) is 5.82 Å². The quantitative estimate of drug-likeness (QED) is 0.685. The average Bonchev–Trinajstić information content (AvgIpc) is 2.66. The molecule has 0 spiro atoms. The van der Waals surface area contributed by atoms with Gasteiger partial charge in [0.25, 0.3) is 0 Å². The third kappa shape index (κ3) is 3.50. The Hall–Kier alpha value is -1.50. The topological polar surface area (TPSA) is 64.1 Å². The number of aromatic nitrogens is 2. The van der Waals surface area contributed by atoms with Gasteiger partial charge in [-0.05, 0) is 18.0 Å². The summed E-state index contributed by atoms with van der Waals surface area (Å²) in [5.74, 6) is -3.08. The van der Waals surface area contributed by atoms with Crippen LogP contribution >= 0.6 is 11.6 Å². The molecule has 1 aliphatic carbocycles. The Morgan fingerprint density at radius 2 is 2.32 bits per heavy atom. The number of esters is 1. The van der Waals surface area contributed by atoms with Crippen LogP contribution in [-0.2, 0) is 4.74 Å². The molecule has 104 valence electrons. The monoisotopic (exact) mass is 291 g/mol. The van der Waals surface area contributed by atoms with Crippen molar-refractivity contribution in [2.24, 2.45) is 0 Å². The number of alkyl halides is 2. The fourth-order valence-corrected chi connectivity index (χ4v) is 2.17. The van der Waals surface area contributed by atoms with E-state index in [2.05, 4.69) is 20.0 Å². The molecule has 8 heteroatoms. The van der Waals surface area contributed by atoms with E-state index in [0.29, 0.717) is 6.42 Å². The molecule has 1 aliphatic rings. The van der Waals surface area contributed by atoms with Crippen LogP contribution in [0.15, 0.2) is 6.07 Å². The molecule has 1 heterocycles. The summed E-state index contributed by atoms with van der Waals surface area (Å²) in [6.07, 6.45) is -0.0856. The summed E-state index contributed by atoms with van der Waals surface area (Å²) in [5, 5.41) is 2.69. The van der Waals surface area contributed by atoms with Crippen LogP contribution in [0.5, 0.6) is 0 Å². The number of carbonyl (C=O) groups excluding carboxylic acids is 1. The van der Waals surface area contributed by atoms with Crippen LogP contribution in [0.25, 0.3) is 0 Å². The fourth-order valence-electron chi connectivity index (χ4n) is 1.98. The molecule has 5 nitrogen and oxygen atoms in total. The zero-order valence-electron chi connectivity index (χ0n) is 10.1. The van der Waals surface area contributed by atoms with Gasteiger partial charge >= 0.3 is 5.97 Å². The number of nitrogens with zero attached hydrogens (tertiary/aromatic N) is 2. The number of rotatable bonds is 3. The maximum atomic E-state index is 13.1. The van der Waals surface area contributed by atoms with Crippen LogP contribution in [0.4, 0.5) is 14.6 Å². The zero-order chi connectivity index (χ0) is 14.0. The normalized spacial score (nSPS) is 21.2. The van der Waals surface area contributed by atoms with Crippen LogP contribution in [0.3, 0.4) is 0 Å². The molecule has 1 N–H and O–H groups in total. The maximum Gasteiger partial charge on any atom is 0.356 e. The molecule has 1 atom stereocenters. The minimum Gasteiger partial charge on any atom is -0.464 e. The van der Waals surface area contributed by atoms with E-state index in [1.54, 1.807) is 0 Å². The highest BCUT2D eigenvalue weighted by molar-refractivity contribution is 6.28. The highest BCUT2D eigenvalue weighted by Gasteiger charge is 2.39. The molecule has 2 rings (SSSR count). The number of hydrogen-bond donors (Lipinski definition) is 1. The summed E-state index contributed by atoms with van der Waals surface area (Å²) in [6, 6.07) is 0.931. The summed E-state index contributed by atoms with van der Waals surface area (Å²) in [4.78, 5) is 18.9. The van der Waals surface area contributed by atoms with Crippen molar-refractivity contribution in [3.63, 3.8) is 0 Å². The third-order valence-corrected chi connectivity index (χ3v) is 3.02. The Morgan fingerprint density at radius 3 is 2.89 bits per heavy atom. The first kappa shape index (κ1) is 13.9. The lowest BCUT2D eigenvalue weighted by molar-refractivity contribution is 0.00850. The molecule has 0 bridgehead atoms. The SMILES string of the molecule is COC(=O)c1cc(NC2CCC(F)(F)C2)nc(Cl)n1. The highest BCUT2D eigenvalue weighted by Crippen LogP contribution is 2.36. The number of methoxy groups -OCH3 is 1. The number of halogens is 3. The van der Waals surface area contributed by atoms with Gasteiger partial charge in [-0.2, -0.15) is 0 Å². The molecule has 1 saturated carbocycles. The van der Waals surface area contributed by atoms with Crippen LogP contribution in [0.1, 0.15) is 29.8 Å². The van der Waals surface area contributed by atoms with Crippen molar-refractivity contribution in [1.82, 2.24) is 9.97 Å². The van der Waals surface area contributed by atoms with Gasteiger partial charge in [0, 0.05) is 24.9 Å². The van der Waals surface area contributed by atoms with Crippen molar-refractivity contribution in [1.29, 1.82) is 0 Å². The van der Waals surface area contributed by atoms with Gasteiger partial charge in [0.15, 0.2) is 5.69 Å². The second-order valence-electron chi connectivity index (χ2n) is 4.34. The zero-order valence-corrected chi connectivity index (χ0v) is 10.9. The molecule has 0 aliphatic heterocycles. The minimum absolute atomic E-state index is 0.0187. The fraction of sp³-hybridized carbons (Fsp3) is 0.545. The Labute approximate surface area is 113 Å². The lowest BCUT2D eigenvalue weighted by Gasteiger charge is -2.14. The number of carbonyl (C=O) groups is 1. The highest BCUT2D eigenvalue weighted by atomic mass is 35.5. The summed E-state index contributed by atoms with van der Waals surface area (Å²) in [6.45, 7) is 0. The average molecular weight is 292 g/mol. The summed E-state index contributed by atoms with van der Waals surface area (Å²) < 4.78 is 30.6. The second kappa shape index (κ2) is 5.24. The molecule has 19 heavy (non-hydrogen) atoms. The van der Waals surface area contributed by atoms with Crippen molar-refractivity contribution < 1.29 is 18.3 Å². The van der Waals surface area contributed by atoms with Crippen molar-refractivity contribution in [2.75, 3.05) is 12.4 Å². The van der Waals surface area contributed by atoms with Gasteiger partial charge in [-0.1, -0.05) is 0 Å². The van der Waals surface area contributed by atoms with E-state index in [1.807, 2.05) is 0 Å². The van der Waals surface area contributed by atoms with E-state index in [-0.39, 0.29) is 29.6 Å². The molecule has 0 radical (unpaired) electrons. The molecular formula is C11H12ClF2N3O2. The Bertz CT molecular complexity index is 499. The summed E-state index contributed by atoms with van der Waals surface area (Å²) >= 11 is 5.67. The van der Waals surface area contributed by atoms with E-state index in [0.717, 1.165) is 0 Å². The Kier molecular flexibility index (Phi) is 3.84. The van der Waals surface area contributed by atoms with Gasteiger partial charge in [0.2, 0.25) is 11.2 Å². The predicted octanol–water partition coefficient (Wildman–Crippen LogP) is 2.52. The summed E-state index contributed by atoms with van der Waals surface area (Å²) in [7, 11) is 1.21. The molecule has 1 aromatic rings. The molecule has 0 amide bonds. The van der Waals surface area contributed by atoms with Crippen molar-refractivity contribution in [3.05, 3.63) is 17.0 Å². The van der Waals surface area contributed by atoms with Crippen molar-refractivity contribution >= 4 is 23.4 Å². The van der Waals surface area contributed by atoms with Gasteiger partial charge in [-0.25, -0.2) is 23.5 Å². The number of hydrogen-bond acceptors (Lipinski definition) is 5. The van der Waals surface area contributed by atoms with Crippen molar-refractivity contribution in [2.45, 2.75) is 31.2 Å². The molecular weight excluding hydrogens is 280 g/mol. The number of ether oxygens (including phenoxy) is 1. The van der Waals surface area contributed by atoms with Crippen LogP contribution in [0.2, 0.25) is 5.28 Å². The lowest BCUT2D eigenvalue weighted by Crippen LogP contribution is -2.20. The second-order valence-corrected chi connectivity index (χ2v) is 4.68. The van der Waals surface area contributed by atoms with E-state index in [9.17, 15) is 13.6 Å². The molecule has 1 fully saturated rings. The number of anilines is 1. The van der Waals surface area contributed by atoms with E-state index in [4.69, 9.17) is 11.6 Å². The third-order valence-electron chi connectivity index (χ3n) is 2.85. The summed E-state index contributed by atoms with van der Waals surface area (Å²) in [5.41, 5.74) is -0.0187. The van der Waals surface area contributed by atoms with Gasteiger partial charge < -0.3 is 10.1 Å². The molecule has 0 saturated heterocycles. The van der Waals surface area contributed by atoms with Gasteiger partial charge in [0.05, 0.1) is 7.11 Å². The molecule has 1 unspecified atom stereocenters. The van der Waals surface area contributed by atoms with Crippen LogP contribution in [0, 0.1) is 0 Å². The van der Waals surface area contributed by atoms with Crippen molar-refractivity contribution in [3.8, 4) is 0 Å². The van der Waals surface area contributed by atoms with Gasteiger partial charge in [-0.3, -0.25) is 0 Å². The largest absolute Gasteiger partial charge is 0.464 e. The first-order valence-corrected chi connectivity index (χ1v) is 6.05. The minimum atomic E-state index is -2.65. The van der Waals surface area contributed by atoms with E-state index in [1.165, 1.54) is 13.2 Å². The first-order chi connectivity index (χ1) is 8.89. The Morgan fingerprint density at radius 1 is 1.58 bits per heavy atom. The first-order valence-electron chi connectivity index (χ1n) is 5.67. The number of nitrogens with one attached hydrogen (secondary N) is 1. The van der Waals surface area contributed by atoms with E-state index < -0.39 is 17.9 Å². The standard InChI is InChI=1S/C11H12ClF2N3O2/c1-19-9(18)7-4-8(17-10(12)16-7)15-6-2-3-11(13,14)5-6/h4,6H,2-3,5H2,1H3,(H,15,16,17). The van der Waals surface area contributed by atoms with Crippen LogP contribution in [-0.4, -0.2) is 35.0 Å². The maximum absolute atomic E-state index is 13.1.